The molecule has 1 N–H and O–H groups in total. The molecule has 0 radical (unpaired) electrons. The SMILES string of the molecule is COc1cccc(CN2CCN(c3ccc(NS(=O)(=O)c4ccc(F)cc4)cn3)CC2)c1. The highest BCUT2D eigenvalue weighted by atomic mass is 32.2. The zero-order valence-corrected chi connectivity index (χ0v) is 18.6. The number of sulfonamides is 1. The summed E-state index contributed by atoms with van der Waals surface area (Å²) >= 11 is 0. The number of piperazine rings is 1. The van der Waals surface area contributed by atoms with Gasteiger partial charge in [-0.2, -0.15) is 0 Å². The Morgan fingerprint density at radius 3 is 2.44 bits per heavy atom. The maximum absolute atomic E-state index is 13.0. The van der Waals surface area contributed by atoms with Crippen LogP contribution in [-0.2, 0) is 16.6 Å². The summed E-state index contributed by atoms with van der Waals surface area (Å²) in [5.74, 6) is 1.18. The van der Waals surface area contributed by atoms with Crippen LogP contribution in [0.3, 0.4) is 0 Å². The van der Waals surface area contributed by atoms with Crippen molar-refractivity contribution in [1.82, 2.24) is 9.88 Å². The molecule has 0 saturated carbocycles. The summed E-state index contributed by atoms with van der Waals surface area (Å²) in [6, 6.07) is 16.3. The molecule has 0 amide bonds. The Morgan fingerprint density at radius 1 is 1.03 bits per heavy atom. The van der Waals surface area contributed by atoms with Gasteiger partial charge in [0.15, 0.2) is 0 Å². The second kappa shape index (κ2) is 9.54. The van der Waals surface area contributed by atoms with Crippen LogP contribution in [0.4, 0.5) is 15.9 Å². The Morgan fingerprint density at radius 2 is 1.78 bits per heavy atom. The van der Waals surface area contributed by atoms with Crippen molar-refractivity contribution in [2.24, 2.45) is 0 Å². The lowest BCUT2D eigenvalue weighted by atomic mass is 10.2. The fraction of sp³-hybridized carbons (Fsp3) is 0.261. The number of anilines is 2. The van der Waals surface area contributed by atoms with Crippen LogP contribution in [0.5, 0.6) is 5.75 Å². The Kier molecular flexibility index (Phi) is 6.57. The highest BCUT2D eigenvalue weighted by Crippen LogP contribution is 2.21. The van der Waals surface area contributed by atoms with Gasteiger partial charge in [0.1, 0.15) is 17.4 Å². The molecule has 2 aromatic carbocycles. The monoisotopic (exact) mass is 456 g/mol. The van der Waals surface area contributed by atoms with Crippen LogP contribution in [0.1, 0.15) is 5.56 Å². The quantitative estimate of drug-likeness (QED) is 0.588. The Bertz CT molecular complexity index is 1150. The average Bonchev–Trinajstić information content (AvgIpc) is 2.80. The number of nitrogens with zero attached hydrogens (tertiary/aromatic N) is 3. The largest absolute Gasteiger partial charge is 0.497 e. The molecule has 168 valence electrons. The highest BCUT2D eigenvalue weighted by Gasteiger charge is 2.19. The molecule has 1 aliphatic heterocycles. The van der Waals surface area contributed by atoms with E-state index in [2.05, 4.69) is 31.6 Å². The third-order valence-electron chi connectivity index (χ3n) is 5.36. The van der Waals surface area contributed by atoms with Crippen molar-refractivity contribution in [1.29, 1.82) is 0 Å². The topological polar surface area (TPSA) is 74.8 Å². The van der Waals surface area contributed by atoms with Gasteiger partial charge in [-0.05, 0) is 54.1 Å². The minimum Gasteiger partial charge on any atom is -0.497 e. The second-order valence-electron chi connectivity index (χ2n) is 7.58. The van der Waals surface area contributed by atoms with E-state index in [-0.39, 0.29) is 4.90 Å². The summed E-state index contributed by atoms with van der Waals surface area (Å²) in [4.78, 5) is 8.99. The number of benzene rings is 2. The van der Waals surface area contributed by atoms with Gasteiger partial charge in [-0.25, -0.2) is 17.8 Å². The van der Waals surface area contributed by atoms with Crippen molar-refractivity contribution >= 4 is 21.5 Å². The number of ether oxygens (including phenoxy) is 1. The molecule has 9 heteroatoms. The maximum atomic E-state index is 13.0. The molecule has 1 fully saturated rings. The van der Waals surface area contributed by atoms with Gasteiger partial charge in [0.2, 0.25) is 0 Å². The summed E-state index contributed by atoms with van der Waals surface area (Å²) < 4.78 is 45.7. The Balaban J connectivity index is 1.33. The molecule has 32 heavy (non-hydrogen) atoms. The van der Waals surface area contributed by atoms with Crippen LogP contribution in [0.2, 0.25) is 0 Å². The van der Waals surface area contributed by atoms with Gasteiger partial charge in [-0.3, -0.25) is 9.62 Å². The number of rotatable bonds is 7. The fourth-order valence-corrected chi connectivity index (χ4v) is 4.67. The van der Waals surface area contributed by atoms with Gasteiger partial charge < -0.3 is 9.64 Å². The molecule has 4 rings (SSSR count). The van der Waals surface area contributed by atoms with Gasteiger partial charge in [0.25, 0.3) is 10.0 Å². The van der Waals surface area contributed by atoms with Crippen molar-refractivity contribution < 1.29 is 17.5 Å². The predicted molar refractivity (Wildman–Crippen MR) is 122 cm³/mol. The van der Waals surface area contributed by atoms with Crippen molar-refractivity contribution in [3.8, 4) is 5.75 Å². The molecular weight excluding hydrogens is 431 g/mol. The first kappa shape index (κ1) is 22.0. The zero-order chi connectivity index (χ0) is 22.6. The third-order valence-corrected chi connectivity index (χ3v) is 6.76. The molecule has 0 spiro atoms. The van der Waals surface area contributed by atoms with Crippen molar-refractivity contribution in [2.45, 2.75) is 11.4 Å². The number of halogens is 1. The second-order valence-corrected chi connectivity index (χ2v) is 9.26. The number of pyridine rings is 1. The zero-order valence-electron chi connectivity index (χ0n) is 17.7. The Labute approximate surface area is 187 Å². The van der Waals surface area contributed by atoms with E-state index in [0.29, 0.717) is 5.69 Å². The number of hydrogen-bond donors (Lipinski definition) is 1. The molecule has 3 aromatic rings. The van der Waals surface area contributed by atoms with Crippen LogP contribution < -0.4 is 14.4 Å². The van der Waals surface area contributed by atoms with Gasteiger partial charge in [0, 0.05) is 32.7 Å². The average molecular weight is 457 g/mol. The number of methoxy groups -OCH3 is 1. The van der Waals surface area contributed by atoms with Crippen molar-refractivity contribution in [2.75, 3.05) is 42.9 Å². The first-order chi connectivity index (χ1) is 15.4. The summed E-state index contributed by atoms with van der Waals surface area (Å²) in [7, 11) is -2.13. The van der Waals surface area contributed by atoms with E-state index >= 15 is 0 Å². The molecule has 1 saturated heterocycles. The first-order valence-corrected chi connectivity index (χ1v) is 11.8. The van der Waals surface area contributed by atoms with E-state index < -0.39 is 15.8 Å². The first-order valence-electron chi connectivity index (χ1n) is 10.3. The summed E-state index contributed by atoms with van der Waals surface area (Å²) in [5, 5.41) is 0. The van der Waals surface area contributed by atoms with Crippen molar-refractivity contribution in [3.05, 3.63) is 78.2 Å². The number of nitrogens with one attached hydrogen (secondary N) is 1. The van der Waals surface area contributed by atoms with Gasteiger partial charge in [-0.15, -0.1) is 0 Å². The molecule has 0 bridgehead atoms. The summed E-state index contributed by atoms with van der Waals surface area (Å²) in [5.41, 5.74) is 1.57. The van der Waals surface area contributed by atoms with E-state index in [0.717, 1.165) is 56.4 Å². The Hall–Kier alpha value is -3.17. The predicted octanol–water partition coefficient (Wildman–Crippen LogP) is 3.35. The lowest BCUT2D eigenvalue weighted by molar-refractivity contribution is 0.249. The van der Waals surface area contributed by atoms with Crippen LogP contribution in [0.25, 0.3) is 0 Å². The lowest BCUT2D eigenvalue weighted by Gasteiger charge is -2.35. The van der Waals surface area contributed by atoms with E-state index in [1.807, 2.05) is 12.1 Å². The molecule has 0 atom stereocenters. The van der Waals surface area contributed by atoms with E-state index in [1.54, 1.807) is 19.2 Å². The minimum absolute atomic E-state index is 0.00451. The minimum atomic E-state index is -3.80. The number of aromatic nitrogens is 1. The van der Waals surface area contributed by atoms with E-state index in [4.69, 9.17) is 4.74 Å². The molecule has 7 nitrogen and oxygen atoms in total. The third kappa shape index (κ3) is 5.35. The van der Waals surface area contributed by atoms with Crippen LogP contribution >= 0.6 is 0 Å². The summed E-state index contributed by atoms with van der Waals surface area (Å²) in [6.45, 7) is 4.33. The summed E-state index contributed by atoms with van der Waals surface area (Å²) in [6.07, 6.45) is 1.50. The van der Waals surface area contributed by atoms with E-state index in [9.17, 15) is 12.8 Å². The van der Waals surface area contributed by atoms with Crippen molar-refractivity contribution in [3.63, 3.8) is 0 Å². The van der Waals surface area contributed by atoms with Crippen LogP contribution in [0.15, 0.2) is 71.8 Å². The molecule has 0 aliphatic carbocycles. The normalized spacial score (nSPS) is 14.9. The van der Waals surface area contributed by atoms with Crippen LogP contribution in [-0.4, -0.2) is 51.6 Å². The molecular formula is C23H25FN4O3S. The van der Waals surface area contributed by atoms with Crippen LogP contribution in [0, 0.1) is 5.82 Å². The molecule has 2 heterocycles. The number of hydrogen-bond acceptors (Lipinski definition) is 6. The van der Waals surface area contributed by atoms with E-state index in [1.165, 1.54) is 23.9 Å². The smallest absolute Gasteiger partial charge is 0.261 e. The standard InChI is InChI=1S/C23H25FN4O3S/c1-31-21-4-2-3-18(15-21)17-27-11-13-28(14-12-27)23-10-7-20(16-25-23)26-32(29,30)22-8-5-19(24)6-9-22/h2-10,15-16,26H,11-14,17H2,1H3. The molecule has 1 aliphatic rings. The maximum Gasteiger partial charge on any atom is 0.261 e. The van der Waals surface area contributed by atoms with Gasteiger partial charge >= 0.3 is 0 Å². The highest BCUT2D eigenvalue weighted by molar-refractivity contribution is 7.92. The fourth-order valence-electron chi connectivity index (χ4n) is 3.63. The van der Waals surface area contributed by atoms with Gasteiger partial charge in [-0.1, -0.05) is 12.1 Å². The molecule has 1 aromatic heterocycles. The van der Waals surface area contributed by atoms with Gasteiger partial charge in [0.05, 0.1) is 23.9 Å². The lowest BCUT2D eigenvalue weighted by Crippen LogP contribution is -2.46. The molecule has 0 unspecified atom stereocenters.